The highest BCUT2D eigenvalue weighted by molar-refractivity contribution is 7.91. The highest BCUT2D eigenvalue weighted by Gasteiger charge is 2.40. The molecular weight excluding hydrogens is 438 g/mol. The van der Waals surface area contributed by atoms with Gasteiger partial charge in [-0.15, -0.1) is 11.3 Å². The number of carbonyl (C=O) groups excluding carboxylic acids is 1. The third-order valence-corrected chi connectivity index (χ3v) is 9.27. The van der Waals surface area contributed by atoms with Gasteiger partial charge in [0, 0.05) is 6.54 Å². The van der Waals surface area contributed by atoms with Gasteiger partial charge in [-0.05, 0) is 41.1 Å². The summed E-state index contributed by atoms with van der Waals surface area (Å²) in [6.07, 6.45) is 0.317. The van der Waals surface area contributed by atoms with Crippen LogP contribution < -0.4 is 5.32 Å². The highest BCUT2D eigenvalue weighted by Crippen LogP contribution is 2.32. The molecule has 0 fully saturated rings. The zero-order valence-corrected chi connectivity index (χ0v) is 18.1. The molecule has 1 atom stereocenters. The molecule has 5 rings (SSSR count). The van der Waals surface area contributed by atoms with Crippen LogP contribution in [0.5, 0.6) is 0 Å². The lowest BCUT2D eigenvalue weighted by Gasteiger charge is -2.34. The van der Waals surface area contributed by atoms with E-state index in [9.17, 15) is 13.2 Å². The third-order valence-electron chi connectivity index (χ3n) is 5.09. The second-order valence-electron chi connectivity index (χ2n) is 6.95. The topological polar surface area (TPSA) is 79.4 Å². The molecule has 0 saturated carbocycles. The molecule has 1 amide bonds. The Morgan fingerprint density at radius 2 is 1.80 bits per heavy atom. The molecule has 2 aromatic heterocycles. The van der Waals surface area contributed by atoms with Gasteiger partial charge < -0.3 is 5.32 Å². The molecule has 1 aliphatic rings. The molecule has 6 nitrogen and oxygen atoms in total. The fourth-order valence-corrected chi connectivity index (χ4v) is 7.17. The van der Waals surface area contributed by atoms with E-state index in [1.54, 1.807) is 17.5 Å². The normalized spacial score (nSPS) is 17.0. The minimum absolute atomic E-state index is 0.161. The second kappa shape index (κ2) is 7.59. The van der Waals surface area contributed by atoms with E-state index in [0.717, 1.165) is 32.7 Å². The zero-order chi connectivity index (χ0) is 20.7. The predicted octanol–water partition coefficient (Wildman–Crippen LogP) is 4.11. The van der Waals surface area contributed by atoms with Gasteiger partial charge in [0.2, 0.25) is 5.91 Å². The molecule has 152 valence electrons. The van der Waals surface area contributed by atoms with Crippen LogP contribution in [0.15, 0.2) is 70.3 Å². The monoisotopic (exact) mass is 455 g/mol. The molecule has 30 heavy (non-hydrogen) atoms. The number of hydrogen-bond acceptors (Lipinski definition) is 6. The summed E-state index contributed by atoms with van der Waals surface area (Å²) < 4.78 is 29.1. The maximum atomic E-state index is 13.3. The van der Waals surface area contributed by atoms with Crippen LogP contribution in [-0.2, 0) is 27.8 Å². The van der Waals surface area contributed by atoms with Crippen molar-refractivity contribution in [1.29, 1.82) is 0 Å². The van der Waals surface area contributed by atoms with Gasteiger partial charge in [-0.3, -0.25) is 4.79 Å². The molecular formula is C21H17N3O3S3. The molecule has 0 aliphatic carbocycles. The number of benzene rings is 2. The summed E-state index contributed by atoms with van der Waals surface area (Å²) in [5.41, 5.74) is 2.70. The van der Waals surface area contributed by atoms with Crippen molar-refractivity contribution in [1.82, 2.24) is 9.29 Å². The molecule has 1 N–H and O–H groups in total. The van der Waals surface area contributed by atoms with E-state index in [1.807, 2.05) is 48.5 Å². The SMILES string of the molecule is O=C(Nc1nc2ccccc2s1)C1Cc2ccccc2CN1S(=O)(=O)c1cccs1. The maximum Gasteiger partial charge on any atom is 0.253 e. The zero-order valence-electron chi connectivity index (χ0n) is 15.7. The van der Waals surface area contributed by atoms with Gasteiger partial charge >= 0.3 is 0 Å². The third kappa shape index (κ3) is 3.43. The maximum absolute atomic E-state index is 13.3. The van der Waals surface area contributed by atoms with E-state index in [2.05, 4.69) is 10.3 Å². The predicted molar refractivity (Wildman–Crippen MR) is 119 cm³/mol. The van der Waals surface area contributed by atoms with Crippen molar-refractivity contribution in [2.45, 2.75) is 23.2 Å². The van der Waals surface area contributed by atoms with Crippen LogP contribution >= 0.6 is 22.7 Å². The summed E-state index contributed by atoms with van der Waals surface area (Å²) >= 11 is 2.53. The van der Waals surface area contributed by atoms with Gasteiger partial charge in [0.05, 0.1) is 10.2 Å². The number of nitrogens with one attached hydrogen (secondary N) is 1. The first-order valence-electron chi connectivity index (χ1n) is 9.31. The smallest absolute Gasteiger partial charge is 0.253 e. The Morgan fingerprint density at radius 3 is 2.57 bits per heavy atom. The van der Waals surface area contributed by atoms with E-state index in [-0.39, 0.29) is 16.7 Å². The molecule has 0 bridgehead atoms. The number of thiophene rings is 1. The molecule has 1 unspecified atom stereocenters. The van der Waals surface area contributed by atoms with Gasteiger partial charge in [-0.2, -0.15) is 4.31 Å². The summed E-state index contributed by atoms with van der Waals surface area (Å²) in [6, 6.07) is 17.7. The summed E-state index contributed by atoms with van der Waals surface area (Å²) in [4.78, 5) is 17.7. The fraction of sp³-hybridized carbons (Fsp3) is 0.143. The standard InChI is InChI=1S/C21H17N3O3S3/c25-20(23-21-22-16-8-3-4-9-18(16)29-21)17-12-14-6-1-2-7-15(14)13-24(17)30(26,27)19-10-5-11-28-19/h1-11,17H,12-13H2,(H,22,23,25). The molecule has 1 aliphatic heterocycles. The number of rotatable bonds is 4. The Morgan fingerprint density at radius 1 is 1.03 bits per heavy atom. The van der Waals surface area contributed by atoms with Crippen molar-refractivity contribution in [3.05, 3.63) is 77.2 Å². The van der Waals surface area contributed by atoms with E-state index in [0.29, 0.717) is 11.6 Å². The molecule has 0 saturated heterocycles. The second-order valence-corrected chi connectivity index (χ2v) is 11.0. The van der Waals surface area contributed by atoms with Crippen LogP contribution in [0.25, 0.3) is 10.2 Å². The Kier molecular flexibility index (Phi) is 4.90. The van der Waals surface area contributed by atoms with Crippen LogP contribution in [0.3, 0.4) is 0 Å². The summed E-state index contributed by atoms with van der Waals surface area (Å²) in [5.74, 6) is -0.372. The van der Waals surface area contributed by atoms with Gasteiger partial charge in [-0.1, -0.05) is 53.8 Å². The minimum Gasteiger partial charge on any atom is -0.301 e. The van der Waals surface area contributed by atoms with Gasteiger partial charge in [0.1, 0.15) is 10.3 Å². The van der Waals surface area contributed by atoms with Crippen molar-refractivity contribution in [3.63, 3.8) is 0 Å². The van der Waals surface area contributed by atoms with Crippen LogP contribution in [0.1, 0.15) is 11.1 Å². The number of carbonyl (C=O) groups is 1. The average molecular weight is 456 g/mol. The first-order valence-corrected chi connectivity index (χ1v) is 12.4. The number of amides is 1. The molecule has 0 radical (unpaired) electrons. The number of hydrogen-bond donors (Lipinski definition) is 1. The largest absolute Gasteiger partial charge is 0.301 e. The van der Waals surface area contributed by atoms with Gasteiger partial charge in [0.15, 0.2) is 5.13 Å². The Balaban J connectivity index is 1.50. The number of anilines is 1. The summed E-state index contributed by atoms with van der Waals surface area (Å²) in [6.45, 7) is 0.161. The van der Waals surface area contributed by atoms with Crippen LogP contribution in [-0.4, -0.2) is 29.7 Å². The quantitative estimate of drug-likeness (QED) is 0.502. The Labute approximate surface area is 181 Å². The van der Waals surface area contributed by atoms with Gasteiger partial charge in [0.25, 0.3) is 10.0 Å². The van der Waals surface area contributed by atoms with Crippen LogP contribution in [0, 0.1) is 0 Å². The van der Waals surface area contributed by atoms with Crippen LogP contribution in [0.2, 0.25) is 0 Å². The summed E-state index contributed by atoms with van der Waals surface area (Å²) in [5, 5.41) is 5.03. The molecule has 0 spiro atoms. The Bertz CT molecular complexity index is 1300. The average Bonchev–Trinajstić information content (AvgIpc) is 3.42. The first-order chi connectivity index (χ1) is 14.5. The number of fused-ring (bicyclic) bond motifs is 2. The number of sulfonamides is 1. The van der Waals surface area contributed by atoms with Crippen molar-refractivity contribution >= 4 is 54.0 Å². The lowest BCUT2D eigenvalue weighted by molar-refractivity contribution is -0.120. The molecule has 4 aromatic rings. The fourth-order valence-electron chi connectivity index (χ4n) is 3.62. The number of aromatic nitrogens is 1. The van der Waals surface area contributed by atoms with Crippen molar-refractivity contribution in [2.75, 3.05) is 5.32 Å². The van der Waals surface area contributed by atoms with Crippen molar-refractivity contribution in [2.24, 2.45) is 0 Å². The highest BCUT2D eigenvalue weighted by atomic mass is 32.2. The van der Waals surface area contributed by atoms with E-state index in [4.69, 9.17) is 0 Å². The Hall–Kier alpha value is -2.59. The molecule has 3 heterocycles. The van der Waals surface area contributed by atoms with Crippen LogP contribution in [0.4, 0.5) is 5.13 Å². The van der Waals surface area contributed by atoms with Crippen molar-refractivity contribution in [3.8, 4) is 0 Å². The molecule has 2 aromatic carbocycles. The van der Waals surface area contributed by atoms with E-state index in [1.165, 1.54) is 15.6 Å². The first kappa shape index (κ1) is 19.4. The summed E-state index contributed by atoms with van der Waals surface area (Å²) in [7, 11) is -3.80. The minimum atomic E-state index is -3.80. The number of nitrogens with zero attached hydrogens (tertiary/aromatic N) is 2. The number of para-hydroxylation sites is 1. The lowest BCUT2D eigenvalue weighted by Crippen LogP contribution is -2.50. The van der Waals surface area contributed by atoms with E-state index < -0.39 is 16.1 Å². The van der Waals surface area contributed by atoms with Gasteiger partial charge in [-0.25, -0.2) is 13.4 Å². The molecule has 9 heteroatoms. The lowest BCUT2D eigenvalue weighted by atomic mass is 9.95. The number of thiazole rings is 1. The van der Waals surface area contributed by atoms with E-state index >= 15 is 0 Å². The van der Waals surface area contributed by atoms with Crippen molar-refractivity contribution < 1.29 is 13.2 Å².